The van der Waals surface area contributed by atoms with Crippen molar-refractivity contribution in [2.24, 2.45) is 7.05 Å². The largest absolute Gasteiger partial charge is 0.397 e. The van der Waals surface area contributed by atoms with Gasteiger partial charge in [-0.3, -0.25) is 0 Å². The molecular weight excluding hydrogens is 374 g/mol. The molecule has 0 spiro atoms. The Morgan fingerprint density at radius 2 is 2.00 bits per heavy atom. The topological polar surface area (TPSA) is 69.6 Å². The Morgan fingerprint density at radius 1 is 1.20 bits per heavy atom. The molecule has 4 aromatic rings. The van der Waals surface area contributed by atoms with Crippen molar-refractivity contribution >= 4 is 50.6 Å². The molecule has 8 heteroatoms. The van der Waals surface area contributed by atoms with Crippen LogP contribution in [-0.4, -0.2) is 19.7 Å². The van der Waals surface area contributed by atoms with Crippen molar-refractivity contribution in [3.63, 3.8) is 0 Å². The highest BCUT2D eigenvalue weighted by molar-refractivity contribution is 7.98. The van der Waals surface area contributed by atoms with Gasteiger partial charge in [-0.1, -0.05) is 35.5 Å². The van der Waals surface area contributed by atoms with Crippen LogP contribution in [0.1, 0.15) is 5.56 Å². The van der Waals surface area contributed by atoms with Crippen molar-refractivity contribution in [1.82, 2.24) is 19.7 Å². The zero-order chi connectivity index (χ0) is 17.4. The quantitative estimate of drug-likeness (QED) is 0.517. The second-order valence-corrected chi connectivity index (χ2v) is 7.86. The van der Waals surface area contributed by atoms with Gasteiger partial charge in [0.1, 0.15) is 4.83 Å². The fourth-order valence-electron chi connectivity index (χ4n) is 2.48. The lowest BCUT2D eigenvalue weighted by Gasteiger charge is -2.04. The Morgan fingerprint density at radius 3 is 2.76 bits per heavy atom. The van der Waals surface area contributed by atoms with Crippen LogP contribution in [-0.2, 0) is 12.8 Å². The van der Waals surface area contributed by atoms with Crippen LogP contribution in [0.4, 0.5) is 5.69 Å². The molecule has 2 N–H and O–H groups in total. The van der Waals surface area contributed by atoms with Gasteiger partial charge in [-0.2, -0.15) is 0 Å². The number of thiophene rings is 1. The predicted octanol–water partition coefficient (Wildman–Crippen LogP) is 4.62. The molecular formula is C17H14ClN5S2. The summed E-state index contributed by atoms with van der Waals surface area (Å²) in [6.45, 7) is 0. The zero-order valence-corrected chi connectivity index (χ0v) is 15.7. The Hall–Kier alpha value is -2.09. The Labute approximate surface area is 157 Å². The van der Waals surface area contributed by atoms with E-state index in [2.05, 4.69) is 15.2 Å². The molecule has 0 unspecified atom stereocenters. The number of anilines is 1. The number of benzene rings is 1. The maximum atomic E-state index is 6.30. The lowest BCUT2D eigenvalue weighted by atomic mass is 10.2. The molecule has 0 amide bonds. The van der Waals surface area contributed by atoms with Crippen LogP contribution < -0.4 is 5.73 Å². The van der Waals surface area contributed by atoms with Crippen LogP contribution in [0, 0.1) is 0 Å². The van der Waals surface area contributed by atoms with E-state index in [9.17, 15) is 0 Å². The molecule has 0 saturated heterocycles. The third-order valence-electron chi connectivity index (χ3n) is 3.82. The molecule has 25 heavy (non-hydrogen) atoms. The van der Waals surface area contributed by atoms with Crippen molar-refractivity contribution < 1.29 is 0 Å². The van der Waals surface area contributed by atoms with E-state index in [-0.39, 0.29) is 0 Å². The number of thioether (sulfide) groups is 1. The highest BCUT2D eigenvalue weighted by Crippen LogP contribution is 2.39. The van der Waals surface area contributed by atoms with Gasteiger partial charge in [-0.15, -0.1) is 21.5 Å². The van der Waals surface area contributed by atoms with Crippen LogP contribution in [0.3, 0.4) is 0 Å². The second-order valence-electron chi connectivity index (χ2n) is 5.48. The highest BCUT2D eigenvalue weighted by atomic mass is 35.5. The van der Waals surface area contributed by atoms with Crippen molar-refractivity contribution in [2.75, 3.05) is 5.73 Å². The number of nitrogen functional groups attached to an aromatic ring is 1. The summed E-state index contributed by atoms with van der Waals surface area (Å²) in [6, 6.07) is 11.7. The van der Waals surface area contributed by atoms with E-state index in [1.54, 1.807) is 18.0 Å². The van der Waals surface area contributed by atoms with E-state index in [0.29, 0.717) is 5.69 Å². The summed E-state index contributed by atoms with van der Waals surface area (Å²) in [7, 11) is 1.96. The van der Waals surface area contributed by atoms with E-state index in [1.165, 1.54) is 16.9 Å². The molecule has 3 aromatic heterocycles. The van der Waals surface area contributed by atoms with Crippen molar-refractivity contribution in [1.29, 1.82) is 0 Å². The molecule has 126 valence electrons. The monoisotopic (exact) mass is 387 g/mol. The smallest absolute Gasteiger partial charge is 0.191 e. The molecule has 0 aliphatic carbocycles. The van der Waals surface area contributed by atoms with Gasteiger partial charge < -0.3 is 10.3 Å². The zero-order valence-electron chi connectivity index (χ0n) is 13.3. The maximum absolute atomic E-state index is 6.30. The average Bonchev–Trinajstić information content (AvgIpc) is 3.15. The van der Waals surface area contributed by atoms with Crippen LogP contribution in [0.5, 0.6) is 0 Å². The van der Waals surface area contributed by atoms with Gasteiger partial charge in [0.15, 0.2) is 11.0 Å². The van der Waals surface area contributed by atoms with Crippen LogP contribution in [0.2, 0.25) is 5.02 Å². The maximum Gasteiger partial charge on any atom is 0.191 e. The summed E-state index contributed by atoms with van der Waals surface area (Å²) in [5.41, 5.74) is 8.19. The number of nitrogens with zero attached hydrogens (tertiary/aromatic N) is 4. The SMILES string of the molecule is Cn1c(SCc2ccc(Cl)cc2)nnc1-c1sc2ncccc2c1N. The number of rotatable bonds is 4. The molecule has 0 aliphatic rings. The van der Waals surface area contributed by atoms with Gasteiger partial charge in [0.25, 0.3) is 0 Å². The first-order valence-electron chi connectivity index (χ1n) is 7.53. The van der Waals surface area contributed by atoms with Gasteiger partial charge >= 0.3 is 0 Å². The van der Waals surface area contributed by atoms with Crippen molar-refractivity contribution in [2.45, 2.75) is 10.9 Å². The number of aromatic nitrogens is 4. The summed E-state index contributed by atoms with van der Waals surface area (Å²) < 4.78 is 1.97. The van der Waals surface area contributed by atoms with Gasteiger partial charge in [0.05, 0.1) is 10.6 Å². The van der Waals surface area contributed by atoms with Gasteiger partial charge in [-0.25, -0.2) is 4.98 Å². The molecule has 1 aromatic carbocycles. The van der Waals surface area contributed by atoms with Crippen LogP contribution in [0.15, 0.2) is 47.8 Å². The molecule has 3 heterocycles. The Kier molecular flexibility index (Phi) is 4.37. The van der Waals surface area contributed by atoms with Gasteiger partial charge in [0.2, 0.25) is 0 Å². The molecule has 0 bridgehead atoms. The van der Waals surface area contributed by atoms with Crippen LogP contribution >= 0.6 is 34.7 Å². The van der Waals surface area contributed by atoms with E-state index in [0.717, 1.165) is 36.9 Å². The minimum absolute atomic E-state index is 0.706. The lowest BCUT2D eigenvalue weighted by molar-refractivity contribution is 0.795. The summed E-state index contributed by atoms with van der Waals surface area (Å²) in [5.74, 6) is 1.56. The van der Waals surface area contributed by atoms with Gasteiger partial charge in [0, 0.05) is 29.4 Å². The minimum atomic E-state index is 0.706. The first-order chi connectivity index (χ1) is 12.1. The van der Waals surface area contributed by atoms with E-state index in [1.807, 2.05) is 48.0 Å². The van der Waals surface area contributed by atoms with Crippen LogP contribution in [0.25, 0.3) is 20.9 Å². The predicted molar refractivity (Wildman–Crippen MR) is 105 cm³/mol. The number of pyridine rings is 1. The summed E-state index contributed by atoms with van der Waals surface area (Å²) in [5, 5.41) is 11.2. The molecule has 0 saturated carbocycles. The highest BCUT2D eigenvalue weighted by Gasteiger charge is 2.18. The standard InChI is InChI=1S/C17H14ClN5S2/c1-23-15(14-13(19)12-3-2-8-20-16(12)25-14)21-22-17(23)24-9-10-4-6-11(18)7-5-10/h2-8H,9,19H2,1H3. The first kappa shape index (κ1) is 16.4. The molecule has 0 aliphatic heterocycles. The third-order valence-corrected chi connectivity index (χ3v) is 6.29. The molecule has 0 radical (unpaired) electrons. The number of hydrogen-bond acceptors (Lipinski definition) is 6. The number of halogens is 1. The molecule has 4 rings (SSSR count). The first-order valence-corrected chi connectivity index (χ1v) is 9.71. The summed E-state index contributed by atoms with van der Waals surface area (Å²) in [4.78, 5) is 6.19. The number of hydrogen-bond donors (Lipinski definition) is 1. The number of fused-ring (bicyclic) bond motifs is 1. The minimum Gasteiger partial charge on any atom is -0.397 e. The average molecular weight is 388 g/mol. The molecule has 0 atom stereocenters. The van der Waals surface area contributed by atoms with Crippen molar-refractivity contribution in [3.8, 4) is 10.7 Å². The van der Waals surface area contributed by atoms with Crippen molar-refractivity contribution in [3.05, 3.63) is 53.2 Å². The Balaban J connectivity index is 1.62. The van der Waals surface area contributed by atoms with Gasteiger partial charge in [-0.05, 0) is 29.8 Å². The number of nitrogens with two attached hydrogens (primary N) is 1. The second kappa shape index (κ2) is 6.67. The van der Waals surface area contributed by atoms with E-state index in [4.69, 9.17) is 17.3 Å². The third kappa shape index (κ3) is 3.10. The normalized spacial score (nSPS) is 11.3. The molecule has 5 nitrogen and oxygen atoms in total. The fourth-order valence-corrected chi connectivity index (χ4v) is 4.56. The van der Waals surface area contributed by atoms with E-state index >= 15 is 0 Å². The Bertz CT molecular complexity index is 1040. The summed E-state index contributed by atoms with van der Waals surface area (Å²) >= 11 is 9.09. The fraction of sp³-hybridized carbons (Fsp3) is 0.118. The lowest BCUT2D eigenvalue weighted by Crippen LogP contribution is -1.96. The van der Waals surface area contributed by atoms with E-state index < -0.39 is 0 Å². The summed E-state index contributed by atoms with van der Waals surface area (Å²) in [6.07, 6.45) is 1.77. The molecule has 0 fully saturated rings.